The van der Waals surface area contributed by atoms with Gasteiger partial charge in [0.05, 0.1) is 17.1 Å². The number of imidazole rings is 1. The predicted molar refractivity (Wildman–Crippen MR) is 163 cm³/mol. The standard InChI is InChI=1S/C33H37N7/c1-25(26-10-6-4-7-11-26)36-32-34-19-16-31(37-32)40-24-35-29-22-28(14-15-30(29)40)39(3)23-33(17-20-38(2)21-18-33)27-12-8-5-9-13-27/h4-16,19,22,24-25H,17-18,20-21,23H2,1-3H3,(H,34,36,37). The molecule has 0 amide bonds. The maximum atomic E-state index is 4.80. The van der Waals surface area contributed by atoms with Gasteiger partial charge in [-0.15, -0.1) is 0 Å². The van der Waals surface area contributed by atoms with Gasteiger partial charge in [-0.1, -0.05) is 60.7 Å². The Bertz CT molecular complexity index is 1560. The summed E-state index contributed by atoms with van der Waals surface area (Å²) >= 11 is 0. The van der Waals surface area contributed by atoms with Crippen LogP contribution in [-0.4, -0.2) is 58.1 Å². The Labute approximate surface area is 236 Å². The summed E-state index contributed by atoms with van der Waals surface area (Å²) in [5.41, 5.74) is 5.92. The minimum Gasteiger partial charge on any atom is -0.374 e. The van der Waals surface area contributed by atoms with Crippen molar-refractivity contribution >= 4 is 22.7 Å². The Kier molecular flexibility index (Phi) is 7.22. The smallest absolute Gasteiger partial charge is 0.225 e. The van der Waals surface area contributed by atoms with Crippen LogP contribution in [0.4, 0.5) is 11.6 Å². The Morgan fingerprint density at radius 2 is 1.65 bits per heavy atom. The lowest BCUT2D eigenvalue weighted by Gasteiger charge is -2.44. The molecule has 1 aliphatic heterocycles. The van der Waals surface area contributed by atoms with Crippen LogP contribution in [0.5, 0.6) is 0 Å². The van der Waals surface area contributed by atoms with E-state index < -0.39 is 0 Å². The van der Waals surface area contributed by atoms with Crippen molar-refractivity contribution in [3.63, 3.8) is 0 Å². The topological polar surface area (TPSA) is 62.1 Å². The van der Waals surface area contributed by atoms with E-state index >= 15 is 0 Å². The zero-order valence-corrected chi connectivity index (χ0v) is 23.5. The number of hydrogen-bond acceptors (Lipinski definition) is 6. The molecule has 204 valence electrons. The predicted octanol–water partition coefficient (Wildman–Crippen LogP) is 6.09. The van der Waals surface area contributed by atoms with Gasteiger partial charge < -0.3 is 15.1 Å². The number of nitrogens with zero attached hydrogens (tertiary/aromatic N) is 6. The van der Waals surface area contributed by atoms with Gasteiger partial charge in [0.15, 0.2) is 0 Å². The molecule has 5 aromatic rings. The highest BCUT2D eigenvalue weighted by molar-refractivity contribution is 5.81. The molecule has 1 fully saturated rings. The molecule has 1 aliphatic rings. The van der Waals surface area contributed by atoms with Crippen molar-refractivity contribution in [3.8, 4) is 5.82 Å². The van der Waals surface area contributed by atoms with E-state index in [1.165, 1.54) is 16.8 Å². The molecule has 40 heavy (non-hydrogen) atoms. The van der Waals surface area contributed by atoms with E-state index in [4.69, 9.17) is 9.97 Å². The quantitative estimate of drug-likeness (QED) is 0.262. The molecule has 2 aromatic heterocycles. The van der Waals surface area contributed by atoms with Gasteiger partial charge in [-0.2, -0.15) is 4.98 Å². The highest BCUT2D eigenvalue weighted by Crippen LogP contribution is 2.37. The molecule has 7 nitrogen and oxygen atoms in total. The molecule has 1 atom stereocenters. The molecule has 7 heteroatoms. The lowest BCUT2D eigenvalue weighted by molar-refractivity contribution is 0.190. The molecule has 1 N–H and O–H groups in total. The lowest BCUT2D eigenvalue weighted by atomic mass is 9.72. The summed E-state index contributed by atoms with van der Waals surface area (Å²) in [5, 5.41) is 3.43. The first-order chi connectivity index (χ1) is 19.5. The molecule has 0 spiro atoms. The third-order valence-corrected chi connectivity index (χ3v) is 8.37. The van der Waals surface area contributed by atoms with Crippen LogP contribution in [-0.2, 0) is 5.41 Å². The fourth-order valence-corrected chi connectivity index (χ4v) is 5.91. The third kappa shape index (κ3) is 5.29. The molecule has 6 rings (SSSR count). The number of likely N-dealkylation sites (tertiary alicyclic amines) is 1. The van der Waals surface area contributed by atoms with Gasteiger partial charge in [-0.25, -0.2) is 9.97 Å². The van der Waals surface area contributed by atoms with E-state index in [1.807, 2.05) is 35.2 Å². The minimum absolute atomic E-state index is 0.0952. The van der Waals surface area contributed by atoms with Gasteiger partial charge >= 0.3 is 0 Å². The van der Waals surface area contributed by atoms with Crippen LogP contribution in [0, 0.1) is 0 Å². The number of aromatic nitrogens is 4. The molecule has 3 aromatic carbocycles. The van der Waals surface area contributed by atoms with Gasteiger partial charge in [-0.3, -0.25) is 4.57 Å². The van der Waals surface area contributed by atoms with E-state index in [0.717, 1.165) is 49.3 Å². The number of likely N-dealkylation sites (N-methyl/N-ethyl adjacent to an activating group) is 1. The summed E-state index contributed by atoms with van der Waals surface area (Å²) in [6.07, 6.45) is 5.95. The zero-order chi connectivity index (χ0) is 27.5. The summed E-state index contributed by atoms with van der Waals surface area (Å²) in [5.74, 6) is 1.38. The Morgan fingerprint density at radius 3 is 2.40 bits per heavy atom. The molecule has 1 saturated heterocycles. The van der Waals surface area contributed by atoms with Crippen LogP contribution in [0.3, 0.4) is 0 Å². The van der Waals surface area contributed by atoms with Crippen LogP contribution in [0.25, 0.3) is 16.9 Å². The SMILES string of the molecule is CC(Nc1nccc(-n2cnc3cc(N(C)CC4(c5ccccc5)CCN(C)CC4)ccc32)n1)c1ccccc1. The molecule has 0 aliphatic carbocycles. The Balaban J connectivity index is 1.23. The van der Waals surface area contributed by atoms with E-state index in [2.05, 4.69) is 102 Å². The highest BCUT2D eigenvalue weighted by Gasteiger charge is 2.36. The number of benzene rings is 3. The van der Waals surface area contributed by atoms with E-state index in [0.29, 0.717) is 5.95 Å². The normalized spacial score (nSPS) is 16.1. The van der Waals surface area contributed by atoms with Crippen molar-refractivity contribution in [1.29, 1.82) is 0 Å². The number of hydrogen-bond donors (Lipinski definition) is 1. The number of piperidine rings is 1. The van der Waals surface area contributed by atoms with Crippen molar-refractivity contribution in [2.24, 2.45) is 0 Å². The van der Waals surface area contributed by atoms with E-state index in [9.17, 15) is 0 Å². The molecule has 0 bridgehead atoms. The number of fused-ring (bicyclic) bond motifs is 1. The lowest BCUT2D eigenvalue weighted by Crippen LogP contribution is -2.47. The zero-order valence-electron chi connectivity index (χ0n) is 23.5. The second kappa shape index (κ2) is 11.1. The second-order valence-corrected chi connectivity index (χ2v) is 11.1. The van der Waals surface area contributed by atoms with Crippen molar-refractivity contribution < 1.29 is 0 Å². The van der Waals surface area contributed by atoms with Crippen LogP contribution < -0.4 is 10.2 Å². The first kappa shape index (κ1) is 26.0. The molecular formula is C33H37N7. The van der Waals surface area contributed by atoms with Gasteiger partial charge in [0.25, 0.3) is 0 Å². The second-order valence-electron chi connectivity index (χ2n) is 11.1. The average Bonchev–Trinajstić information content (AvgIpc) is 3.43. The molecule has 3 heterocycles. The van der Waals surface area contributed by atoms with Gasteiger partial charge in [-0.05, 0) is 75.3 Å². The maximum absolute atomic E-state index is 4.80. The van der Waals surface area contributed by atoms with Gasteiger partial charge in [0.1, 0.15) is 12.1 Å². The maximum Gasteiger partial charge on any atom is 0.225 e. The Hall–Kier alpha value is -4.23. The first-order valence-electron chi connectivity index (χ1n) is 14.1. The van der Waals surface area contributed by atoms with Crippen molar-refractivity contribution in [1.82, 2.24) is 24.4 Å². The summed E-state index contributed by atoms with van der Waals surface area (Å²) in [6, 6.07) is 29.9. The fourth-order valence-electron chi connectivity index (χ4n) is 5.91. The number of rotatable bonds is 8. The van der Waals surface area contributed by atoms with Crippen LogP contribution in [0.1, 0.15) is 36.9 Å². The summed E-state index contributed by atoms with van der Waals surface area (Å²) in [6.45, 7) is 5.32. The van der Waals surface area contributed by atoms with Gasteiger partial charge in [0.2, 0.25) is 5.95 Å². The summed E-state index contributed by atoms with van der Waals surface area (Å²) in [7, 11) is 4.43. The van der Waals surface area contributed by atoms with E-state index in [-0.39, 0.29) is 11.5 Å². The third-order valence-electron chi connectivity index (χ3n) is 8.37. The average molecular weight is 532 g/mol. The van der Waals surface area contributed by atoms with Crippen molar-refractivity contribution in [2.75, 3.05) is 43.9 Å². The largest absolute Gasteiger partial charge is 0.374 e. The summed E-state index contributed by atoms with van der Waals surface area (Å²) < 4.78 is 2.03. The van der Waals surface area contributed by atoms with Crippen LogP contribution >= 0.6 is 0 Å². The molecule has 0 saturated carbocycles. The molecular weight excluding hydrogens is 494 g/mol. The monoisotopic (exact) mass is 531 g/mol. The highest BCUT2D eigenvalue weighted by atomic mass is 15.2. The van der Waals surface area contributed by atoms with Crippen LogP contribution in [0.2, 0.25) is 0 Å². The fraction of sp³-hybridized carbons (Fsp3) is 0.303. The number of anilines is 2. The van der Waals surface area contributed by atoms with Crippen molar-refractivity contribution in [2.45, 2.75) is 31.2 Å². The molecule has 0 radical (unpaired) electrons. The van der Waals surface area contributed by atoms with Crippen LogP contribution in [0.15, 0.2) is 97.5 Å². The summed E-state index contributed by atoms with van der Waals surface area (Å²) in [4.78, 5) is 18.9. The minimum atomic E-state index is 0.0952. The van der Waals surface area contributed by atoms with Crippen molar-refractivity contribution in [3.05, 3.63) is 109 Å². The van der Waals surface area contributed by atoms with E-state index in [1.54, 1.807) is 6.20 Å². The van der Waals surface area contributed by atoms with Gasteiger partial charge in [0, 0.05) is 30.9 Å². The molecule has 1 unspecified atom stereocenters. The number of nitrogens with one attached hydrogen (secondary N) is 1. The first-order valence-corrected chi connectivity index (χ1v) is 14.1. The Morgan fingerprint density at radius 1 is 0.925 bits per heavy atom.